The van der Waals surface area contributed by atoms with Gasteiger partial charge < -0.3 is 14.2 Å². The van der Waals surface area contributed by atoms with Crippen LogP contribution in [0.5, 0.6) is 11.5 Å². The first kappa shape index (κ1) is 15.1. The van der Waals surface area contributed by atoms with Crippen molar-refractivity contribution in [3.05, 3.63) is 24.3 Å². The highest BCUT2D eigenvalue weighted by atomic mass is 16.5. The van der Waals surface area contributed by atoms with Gasteiger partial charge in [-0.2, -0.15) is 0 Å². The van der Waals surface area contributed by atoms with Gasteiger partial charge in [-0.05, 0) is 25.5 Å². The molecule has 20 heavy (non-hydrogen) atoms. The molecule has 0 amide bonds. The summed E-state index contributed by atoms with van der Waals surface area (Å²) >= 11 is 0. The van der Waals surface area contributed by atoms with Gasteiger partial charge in [0.15, 0.2) is 11.5 Å². The lowest BCUT2D eigenvalue weighted by Crippen LogP contribution is -2.38. The van der Waals surface area contributed by atoms with Crippen LogP contribution in [0.25, 0.3) is 0 Å². The van der Waals surface area contributed by atoms with E-state index in [0.29, 0.717) is 6.61 Å². The Morgan fingerprint density at radius 2 is 1.90 bits per heavy atom. The third-order valence-electron chi connectivity index (χ3n) is 3.52. The molecular weight excluding hydrogens is 254 g/mol. The van der Waals surface area contributed by atoms with Crippen molar-refractivity contribution < 1.29 is 14.2 Å². The highest BCUT2D eigenvalue weighted by molar-refractivity contribution is 5.39. The van der Waals surface area contributed by atoms with E-state index in [2.05, 4.69) is 18.7 Å². The maximum absolute atomic E-state index is 5.88. The second-order valence-electron chi connectivity index (χ2n) is 5.09. The Hall–Kier alpha value is -1.26. The molecule has 1 fully saturated rings. The Morgan fingerprint density at radius 3 is 2.60 bits per heavy atom. The molecular formula is C16H25NO3. The summed E-state index contributed by atoms with van der Waals surface area (Å²) in [5, 5.41) is 0. The summed E-state index contributed by atoms with van der Waals surface area (Å²) in [4.78, 5) is 2.36. The van der Waals surface area contributed by atoms with E-state index in [1.54, 1.807) is 0 Å². The van der Waals surface area contributed by atoms with Gasteiger partial charge in [0.1, 0.15) is 6.61 Å². The number of rotatable bonds is 7. The quantitative estimate of drug-likeness (QED) is 0.767. The normalized spacial score (nSPS) is 17.7. The highest BCUT2D eigenvalue weighted by Crippen LogP contribution is 2.27. The van der Waals surface area contributed by atoms with Crippen LogP contribution in [0.3, 0.4) is 0 Å². The van der Waals surface area contributed by atoms with Crippen molar-refractivity contribution in [2.24, 2.45) is 0 Å². The van der Waals surface area contributed by atoms with E-state index in [4.69, 9.17) is 14.2 Å². The maximum atomic E-state index is 5.88. The molecule has 1 unspecified atom stereocenters. The van der Waals surface area contributed by atoms with E-state index in [1.807, 2.05) is 24.3 Å². The van der Waals surface area contributed by atoms with Gasteiger partial charge in [0.05, 0.1) is 19.3 Å². The zero-order valence-corrected chi connectivity index (χ0v) is 12.5. The van der Waals surface area contributed by atoms with E-state index in [9.17, 15) is 0 Å². The Labute approximate surface area is 121 Å². The summed E-state index contributed by atoms with van der Waals surface area (Å²) in [5.41, 5.74) is 0. The molecule has 0 radical (unpaired) electrons. The van der Waals surface area contributed by atoms with Crippen LogP contribution in [-0.4, -0.2) is 50.5 Å². The Balaban J connectivity index is 1.82. The lowest BCUT2D eigenvalue weighted by molar-refractivity contribution is 0.0320. The molecule has 1 heterocycles. The third-order valence-corrected chi connectivity index (χ3v) is 3.52. The summed E-state index contributed by atoms with van der Waals surface area (Å²) in [6, 6.07) is 7.90. The predicted molar refractivity (Wildman–Crippen MR) is 79.6 cm³/mol. The van der Waals surface area contributed by atoms with Crippen LogP contribution in [0.1, 0.15) is 20.3 Å². The minimum atomic E-state index is 0.207. The number of nitrogens with zero attached hydrogens (tertiary/aromatic N) is 1. The van der Waals surface area contributed by atoms with Crippen molar-refractivity contribution >= 4 is 0 Å². The standard InChI is InChI=1S/C16H25NO3/c1-3-14(2)20-16-7-5-4-6-15(16)19-13-10-17-8-11-18-12-9-17/h4-7,14H,3,8-13H2,1-2H3. The van der Waals surface area contributed by atoms with Gasteiger partial charge in [-0.1, -0.05) is 19.1 Å². The Morgan fingerprint density at radius 1 is 1.20 bits per heavy atom. The van der Waals surface area contributed by atoms with E-state index < -0.39 is 0 Å². The SMILES string of the molecule is CCC(C)Oc1ccccc1OCCN1CCOCC1. The van der Waals surface area contributed by atoms with Crippen molar-refractivity contribution in [1.82, 2.24) is 4.90 Å². The molecule has 0 bridgehead atoms. The second-order valence-corrected chi connectivity index (χ2v) is 5.09. The van der Waals surface area contributed by atoms with Crippen LogP contribution < -0.4 is 9.47 Å². The topological polar surface area (TPSA) is 30.9 Å². The molecule has 1 saturated heterocycles. The molecule has 0 aliphatic carbocycles. The van der Waals surface area contributed by atoms with Crippen molar-refractivity contribution in [1.29, 1.82) is 0 Å². The van der Waals surface area contributed by atoms with Crippen LogP contribution in [-0.2, 0) is 4.74 Å². The van der Waals surface area contributed by atoms with Crippen molar-refractivity contribution in [2.75, 3.05) is 39.5 Å². The number of morpholine rings is 1. The summed E-state index contributed by atoms with van der Waals surface area (Å²) in [6.07, 6.45) is 1.20. The largest absolute Gasteiger partial charge is 0.488 e. The zero-order chi connectivity index (χ0) is 14.2. The van der Waals surface area contributed by atoms with Crippen LogP contribution in [0.2, 0.25) is 0 Å². The van der Waals surface area contributed by atoms with Crippen molar-refractivity contribution in [3.63, 3.8) is 0 Å². The van der Waals surface area contributed by atoms with Crippen molar-refractivity contribution in [3.8, 4) is 11.5 Å². The van der Waals surface area contributed by atoms with Crippen LogP contribution >= 0.6 is 0 Å². The van der Waals surface area contributed by atoms with Crippen LogP contribution in [0, 0.1) is 0 Å². The summed E-state index contributed by atoms with van der Waals surface area (Å²) in [5.74, 6) is 1.67. The molecule has 1 aliphatic rings. The second kappa shape index (κ2) is 8.12. The molecule has 112 valence electrons. The summed E-state index contributed by atoms with van der Waals surface area (Å²) < 4.78 is 17.1. The fraction of sp³-hybridized carbons (Fsp3) is 0.625. The number of benzene rings is 1. The third kappa shape index (κ3) is 4.69. The molecule has 2 rings (SSSR count). The maximum Gasteiger partial charge on any atom is 0.161 e. The molecule has 0 N–H and O–H groups in total. The van der Waals surface area contributed by atoms with Crippen LogP contribution in [0.4, 0.5) is 0 Å². The molecule has 4 nitrogen and oxygen atoms in total. The predicted octanol–water partition coefficient (Wildman–Crippen LogP) is 2.57. The van der Waals surface area contributed by atoms with Crippen LogP contribution in [0.15, 0.2) is 24.3 Å². The first-order valence-electron chi connectivity index (χ1n) is 7.48. The molecule has 1 aliphatic heterocycles. The minimum absolute atomic E-state index is 0.207. The number of hydrogen-bond donors (Lipinski definition) is 0. The van der Waals surface area contributed by atoms with Gasteiger partial charge in [-0.3, -0.25) is 4.90 Å². The average Bonchev–Trinajstić information content (AvgIpc) is 2.50. The van der Waals surface area contributed by atoms with Gasteiger partial charge in [0.25, 0.3) is 0 Å². The molecule has 1 aromatic carbocycles. The lowest BCUT2D eigenvalue weighted by Gasteiger charge is -2.26. The number of para-hydroxylation sites is 2. The monoisotopic (exact) mass is 279 g/mol. The first-order valence-corrected chi connectivity index (χ1v) is 7.48. The van der Waals surface area contributed by atoms with Gasteiger partial charge in [0.2, 0.25) is 0 Å². The smallest absolute Gasteiger partial charge is 0.161 e. The lowest BCUT2D eigenvalue weighted by atomic mass is 10.3. The van der Waals surface area contributed by atoms with E-state index in [1.165, 1.54) is 0 Å². The Kier molecular flexibility index (Phi) is 6.15. The number of hydrogen-bond acceptors (Lipinski definition) is 4. The fourth-order valence-corrected chi connectivity index (χ4v) is 2.08. The van der Waals surface area contributed by atoms with Crippen molar-refractivity contribution in [2.45, 2.75) is 26.4 Å². The van der Waals surface area contributed by atoms with E-state index in [-0.39, 0.29) is 6.10 Å². The van der Waals surface area contributed by atoms with Gasteiger partial charge in [-0.15, -0.1) is 0 Å². The van der Waals surface area contributed by atoms with E-state index >= 15 is 0 Å². The molecule has 1 aromatic rings. The first-order chi connectivity index (χ1) is 9.79. The zero-order valence-electron chi connectivity index (χ0n) is 12.5. The minimum Gasteiger partial charge on any atom is -0.488 e. The highest BCUT2D eigenvalue weighted by Gasteiger charge is 2.11. The van der Waals surface area contributed by atoms with E-state index in [0.717, 1.165) is 50.8 Å². The number of ether oxygens (including phenoxy) is 3. The molecule has 0 saturated carbocycles. The molecule has 0 aromatic heterocycles. The average molecular weight is 279 g/mol. The molecule has 4 heteroatoms. The Bertz CT molecular complexity index is 391. The summed E-state index contributed by atoms with van der Waals surface area (Å²) in [6.45, 7) is 9.45. The van der Waals surface area contributed by atoms with Gasteiger partial charge in [0, 0.05) is 19.6 Å². The summed E-state index contributed by atoms with van der Waals surface area (Å²) in [7, 11) is 0. The molecule has 0 spiro atoms. The van der Waals surface area contributed by atoms with Gasteiger partial charge >= 0.3 is 0 Å². The van der Waals surface area contributed by atoms with Gasteiger partial charge in [-0.25, -0.2) is 0 Å². The fourth-order valence-electron chi connectivity index (χ4n) is 2.08. The molecule has 1 atom stereocenters.